The van der Waals surface area contributed by atoms with Crippen LogP contribution < -0.4 is 10.0 Å². The Morgan fingerprint density at radius 2 is 1.90 bits per heavy atom. The highest BCUT2D eigenvalue weighted by atomic mass is 35.5. The fourth-order valence-electron chi connectivity index (χ4n) is 1.67. The van der Waals surface area contributed by atoms with Gasteiger partial charge in [-0.2, -0.15) is 0 Å². The fourth-order valence-corrected chi connectivity index (χ4v) is 3.26. The van der Waals surface area contributed by atoms with Gasteiger partial charge in [-0.05, 0) is 38.9 Å². The monoisotopic (exact) mass is 337 g/mol. The van der Waals surface area contributed by atoms with E-state index in [9.17, 15) is 18.5 Å². The Hall–Kier alpha value is -1.22. The summed E-state index contributed by atoms with van der Waals surface area (Å²) in [5, 5.41) is 13.9. The molecular formula is C12H20ClN3O4S. The first-order chi connectivity index (χ1) is 9.20. The molecule has 0 aliphatic carbocycles. The number of halogens is 1. The number of rotatable bonds is 6. The topological polar surface area (TPSA) is 101 Å². The third-order valence-corrected chi connectivity index (χ3v) is 4.79. The van der Waals surface area contributed by atoms with E-state index in [2.05, 4.69) is 10.0 Å². The average Bonchev–Trinajstić information content (AvgIpc) is 2.38. The molecule has 0 bridgehead atoms. The second-order valence-corrected chi connectivity index (χ2v) is 6.36. The van der Waals surface area contributed by atoms with Crippen molar-refractivity contribution in [1.29, 1.82) is 0 Å². The summed E-state index contributed by atoms with van der Waals surface area (Å²) >= 11 is 0. The summed E-state index contributed by atoms with van der Waals surface area (Å²) in [4.78, 5) is 10.1. The van der Waals surface area contributed by atoms with Gasteiger partial charge in [0.15, 0.2) is 4.90 Å². The minimum atomic E-state index is -3.93. The summed E-state index contributed by atoms with van der Waals surface area (Å²) in [5.41, 5.74) is 0.680. The van der Waals surface area contributed by atoms with E-state index in [4.69, 9.17) is 0 Å². The van der Waals surface area contributed by atoms with Gasteiger partial charge in [-0.25, -0.2) is 13.1 Å². The van der Waals surface area contributed by atoms with Crippen LogP contribution in [0.4, 0.5) is 5.69 Å². The number of aryl methyl sites for hydroxylation is 1. The van der Waals surface area contributed by atoms with E-state index in [0.29, 0.717) is 11.1 Å². The van der Waals surface area contributed by atoms with Crippen molar-refractivity contribution in [2.45, 2.75) is 31.7 Å². The lowest BCUT2D eigenvalue weighted by atomic mass is 10.1. The third kappa shape index (κ3) is 4.63. The third-order valence-electron chi connectivity index (χ3n) is 3.19. The average molecular weight is 338 g/mol. The van der Waals surface area contributed by atoms with Crippen LogP contribution in [0.15, 0.2) is 17.0 Å². The Balaban J connectivity index is 0.00000400. The van der Waals surface area contributed by atoms with Crippen LogP contribution in [0.25, 0.3) is 0 Å². The summed E-state index contributed by atoms with van der Waals surface area (Å²) < 4.78 is 27.0. The molecule has 0 spiro atoms. The molecule has 9 heteroatoms. The molecule has 1 atom stereocenters. The van der Waals surface area contributed by atoms with Crippen LogP contribution in [-0.2, 0) is 10.0 Å². The van der Waals surface area contributed by atoms with Crippen LogP contribution in [0.3, 0.4) is 0 Å². The molecule has 0 amide bonds. The summed E-state index contributed by atoms with van der Waals surface area (Å²) in [6.45, 7) is 5.25. The molecule has 7 nitrogen and oxygen atoms in total. The maximum Gasteiger partial charge on any atom is 0.289 e. The van der Waals surface area contributed by atoms with E-state index >= 15 is 0 Å². The van der Waals surface area contributed by atoms with Crippen LogP contribution >= 0.6 is 12.4 Å². The molecule has 0 fully saturated rings. The number of sulfonamides is 1. The van der Waals surface area contributed by atoms with Crippen molar-refractivity contribution < 1.29 is 13.3 Å². The van der Waals surface area contributed by atoms with Crippen LogP contribution in [0.2, 0.25) is 0 Å². The Bertz CT molecular complexity index is 619. The van der Waals surface area contributed by atoms with E-state index in [0.717, 1.165) is 0 Å². The Morgan fingerprint density at radius 1 is 1.33 bits per heavy atom. The number of hydrogen-bond donors (Lipinski definition) is 2. The normalized spacial score (nSPS) is 12.6. The standard InChI is InChI=1S/C12H19N3O4S.ClH/c1-8-5-6-11(15(16)17)12(10(8)3)20(18,19)14-7-9(2)13-4;/h5-6,9,13-14H,7H2,1-4H3;1H. The van der Waals surface area contributed by atoms with Gasteiger partial charge >= 0.3 is 0 Å². The maximum absolute atomic E-state index is 12.3. The van der Waals surface area contributed by atoms with Gasteiger partial charge in [0.05, 0.1) is 4.92 Å². The van der Waals surface area contributed by atoms with Gasteiger partial charge in [-0.1, -0.05) is 6.07 Å². The molecule has 0 aliphatic heterocycles. The molecule has 1 aromatic carbocycles. The van der Waals surface area contributed by atoms with Crippen LogP contribution in [0, 0.1) is 24.0 Å². The summed E-state index contributed by atoms with van der Waals surface area (Å²) in [6.07, 6.45) is 0. The predicted octanol–water partition coefficient (Wildman–Crippen LogP) is 1.52. The van der Waals surface area contributed by atoms with Crippen LogP contribution in [0.1, 0.15) is 18.1 Å². The minimum Gasteiger partial charge on any atom is -0.316 e. The van der Waals surface area contributed by atoms with E-state index in [1.165, 1.54) is 6.07 Å². The first-order valence-corrected chi connectivity index (χ1v) is 7.60. The predicted molar refractivity (Wildman–Crippen MR) is 83.5 cm³/mol. The van der Waals surface area contributed by atoms with Crippen molar-refractivity contribution in [3.05, 3.63) is 33.4 Å². The molecule has 2 N–H and O–H groups in total. The first-order valence-electron chi connectivity index (χ1n) is 6.12. The summed E-state index contributed by atoms with van der Waals surface area (Å²) in [5.74, 6) is 0. The zero-order valence-electron chi connectivity index (χ0n) is 12.3. The van der Waals surface area contributed by atoms with E-state index in [1.807, 2.05) is 0 Å². The molecule has 0 radical (unpaired) electrons. The second kappa shape index (κ2) is 7.69. The highest BCUT2D eigenvalue weighted by Gasteiger charge is 2.28. The quantitative estimate of drug-likeness (QED) is 0.605. The Kier molecular flexibility index (Phi) is 7.25. The van der Waals surface area contributed by atoms with Crippen LogP contribution in [-0.4, -0.2) is 33.0 Å². The fraction of sp³-hybridized carbons (Fsp3) is 0.500. The zero-order chi connectivity index (χ0) is 15.5. The molecule has 0 saturated carbocycles. The van der Waals surface area contributed by atoms with Gasteiger partial charge in [0.1, 0.15) is 0 Å². The number of nitrogens with zero attached hydrogens (tertiary/aromatic N) is 1. The summed E-state index contributed by atoms with van der Waals surface area (Å²) in [6, 6.07) is 2.69. The number of benzene rings is 1. The number of nitro groups is 1. The molecule has 0 heterocycles. The SMILES string of the molecule is CNC(C)CNS(=O)(=O)c1c([N+](=O)[O-])ccc(C)c1C.Cl. The van der Waals surface area contributed by atoms with E-state index in [1.54, 1.807) is 33.9 Å². The minimum absolute atomic E-state index is 0. The summed E-state index contributed by atoms with van der Waals surface area (Å²) in [7, 11) is -2.22. The number of nitrogens with one attached hydrogen (secondary N) is 2. The lowest BCUT2D eigenvalue weighted by Gasteiger charge is -2.14. The number of likely N-dealkylation sites (N-methyl/N-ethyl adjacent to an activating group) is 1. The molecule has 0 aromatic heterocycles. The van der Waals surface area contributed by atoms with Gasteiger partial charge < -0.3 is 5.32 Å². The highest BCUT2D eigenvalue weighted by molar-refractivity contribution is 7.89. The molecule has 21 heavy (non-hydrogen) atoms. The smallest absolute Gasteiger partial charge is 0.289 e. The van der Waals surface area contributed by atoms with Crippen molar-refractivity contribution in [3.63, 3.8) is 0 Å². The molecule has 1 unspecified atom stereocenters. The van der Waals surface area contributed by atoms with Crippen molar-refractivity contribution in [2.24, 2.45) is 0 Å². The van der Waals surface area contributed by atoms with Crippen molar-refractivity contribution in [3.8, 4) is 0 Å². The van der Waals surface area contributed by atoms with Crippen molar-refractivity contribution in [2.75, 3.05) is 13.6 Å². The second-order valence-electron chi connectivity index (χ2n) is 4.65. The van der Waals surface area contributed by atoms with Gasteiger partial charge in [0.25, 0.3) is 5.69 Å². The van der Waals surface area contributed by atoms with Crippen molar-refractivity contribution in [1.82, 2.24) is 10.0 Å². The Morgan fingerprint density at radius 3 is 2.38 bits per heavy atom. The van der Waals surface area contributed by atoms with Gasteiger partial charge in [0, 0.05) is 18.7 Å². The molecule has 0 saturated heterocycles. The van der Waals surface area contributed by atoms with E-state index in [-0.39, 0.29) is 29.9 Å². The molecule has 120 valence electrons. The molecular weight excluding hydrogens is 318 g/mol. The largest absolute Gasteiger partial charge is 0.316 e. The maximum atomic E-state index is 12.3. The lowest BCUT2D eigenvalue weighted by Crippen LogP contribution is -2.37. The lowest BCUT2D eigenvalue weighted by molar-refractivity contribution is -0.387. The van der Waals surface area contributed by atoms with E-state index < -0.39 is 20.6 Å². The van der Waals surface area contributed by atoms with Gasteiger partial charge in [-0.15, -0.1) is 12.4 Å². The highest BCUT2D eigenvalue weighted by Crippen LogP contribution is 2.29. The van der Waals surface area contributed by atoms with Crippen LogP contribution in [0.5, 0.6) is 0 Å². The van der Waals surface area contributed by atoms with Crippen molar-refractivity contribution >= 4 is 28.1 Å². The number of nitro benzene ring substituents is 1. The molecule has 0 aliphatic rings. The first kappa shape index (κ1) is 19.8. The van der Waals surface area contributed by atoms with Gasteiger partial charge in [-0.3, -0.25) is 10.1 Å². The zero-order valence-corrected chi connectivity index (χ0v) is 14.0. The molecule has 1 rings (SSSR count). The Labute approximate surface area is 130 Å². The molecule has 1 aromatic rings. The van der Waals surface area contributed by atoms with Gasteiger partial charge in [0.2, 0.25) is 10.0 Å². The number of hydrogen-bond acceptors (Lipinski definition) is 5.